The second kappa shape index (κ2) is 3.94. The van der Waals surface area contributed by atoms with Crippen molar-refractivity contribution in [3.8, 4) is 0 Å². The van der Waals surface area contributed by atoms with Gasteiger partial charge in [0.25, 0.3) is 0 Å². The maximum Gasteiger partial charge on any atom is 0.309 e. The van der Waals surface area contributed by atoms with Gasteiger partial charge >= 0.3 is 5.97 Å². The number of thiophene rings is 1. The summed E-state index contributed by atoms with van der Waals surface area (Å²) < 4.78 is 0. The highest BCUT2D eigenvalue weighted by molar-refractivity contribution is 7.07. The Balaban J connectivity index is 1.94. The SMILES string of the molecule is O=C(O)C1(CCc2ccsc2)CC(O)C1. The summed E-state index contributed by atoms with van der Waals surface area (Å²) >= 11 is 1.63. The molecule has 2 N–H and O–H groups in total. The topological polar surface area (TPSA) is 57.5 Å². The Morgan fingerprint density at radius 1 is 1.60 bits per heavy atom. The molecule has 0 aliphatic heterocycles. The minimum Gasteiger partial charge on any atom is -0.481 e. The summed E-state index contributed by atoms with van der Waals surface area (Å²) in [6.45, 7) is 0. The van der Waals surface area contributed by atoms with E-state index in [1.54, 1.807) is 11.3 Å². The van der Waals surface area contributed by atoms with Gasteiger partial charge in [-0.3, -0.25) is 4.79 Å². The average molecular weight is 226 g/mol. The van der Waals surface area contributed by atoms with Gasteiger partial charge in [0.15, 0.2) is 0 Å². The van der Waals surface area contributed by atoms with Gasteiger partial charge in [-0.1, -0.05) is 0 Å². The Morgan fingerprint density at radius 2 is 2.33 bits per heavy atom. The molecule has 1 saturated carbocycles. The number of hydrogen-bond donors (Lipinski definition) is 2. The average Bonchev–Trinajstić information content (AvgIpc) is 2.62. The molecule has 1 aromatic heterocycles. The summed E-state index contributed by atoms with van der Waals surface area (Å²) in [6.07, 6.45) is 1.83. The Hall–Kier alpha value is -0.870. The fraction of sp³-hybridized carbons (Fsp3) is 0.545. The molecule has 0 unspecified atom stereocenters. The molecule has 0 atom stereocenters. The van der Waals surface area contributed by atoms with E-state index in [4.69, 9.17) is 5.11 Å². The van der Waals surface area contributed by atoms with Crippen molar-refractivity contribution in [2.24, 2.45) is 5.41 Å². The molecule has 1 aliphatic rings. The quantitative estimate of drug-likeness (QED) is 0.824. The van der Waals surface area contributed by atoms with Crippen molar-refractivity contribution in [2.45, 2.75) is 31.8 Å². The van der Waals surface area contributed by atoms with Crippen molar-refractivity contribution in [2.75, 3.05) is 0 Å². The molecule has 1 fully saturated rings. The lowest BCUT2D eigenvalue weighted by Crippen LogP contribution is -2.47. The van der Waals surface area contributed by atoms with Gasteiger partial charge in [-0.05, 0) is 48.1 Å². The van der Waals surface area contributed by atoms with E-state index < -0.39 is 17.5 Å². The van der Waals surface area contributed by atoms with Gasteiger partial charge in [-0.15, -0.1) is 0 Å². The fourth-order valence-corrected chi connectivity index (χ4v) is 2.85. The van der Waals surface area contributed by atoms with Gasteiger partial charge in [-0.25, -0.2) is 0 Å². The number of carboxylic acid groups (broad SMARTS) is 1. The zero-order valence-electron chi connectivity index (χ0n) is 8.35. The van der Waals surface area contributed by atoms with Crippen molar-refractivity contribution in [1.29, 1.82) is 0 Å². The molecule has 0 saturated heterocycles. The Labute approximate surface area is 92.4 Å². The first-order chi connectivity index (χ1) is 7.12. The predicted octanol–water partition coefficient (Wildman–Crippen LogP) is 1.91. The zero-order valence-corrected chi connectivity index (χ0v) is 9.17. The Bertz CT molecular complexity index is 339. The van der Waals surface area contributed by atoms with Crippen LogP contribution >= 0.6 is 11.3 Å². The van der Waals surface area contributed by atoms with Crippen LogP contribution in [0.4, 0.5) is 0 Å². The monoisotopic (exact) mass is 226 g/mol. The molecule has 0 bridgehead atoms. The molecule has 4 heteroatoms. The van der Waals surface area contributed by atoms with E-state index >= 15 is 0 Å². The second-order valence-corrected chi connectivity index (χ2v) is 5.06. The van der Waals surface area contributed by atoms with E-state index in [0.717, 1.165) is 6.42 Å². The van der Waals surface area contributed by atoms with Crippen molar-refractivity contribution >= 4 is 17.3 Å². The second-order valence-electron chi connectivity index (χ2n) is 4.28. The molecule has 1 aromatic rings. The number of aliphatic hydroxyl groups excluding tert-OH is 1. The van der Waals surface area contributed by atoms with Crippen molar-refractivity contribution in [3.63, 3.8) is 0 Å². The van der Waals surface area contributed by atoms with E-state index in [1.807, 2.05) is 16.8 Å². The standard InChI is InChI=1S/C11H14O3S/c12-9-5-11(6-9,10(13)14)3-1-8-2-4-15-7-8/h2,4,7,9,12H,1,3,5-6H2,(H,13,14). The predicted molar refractivity (Wildman–Crippen MR) is 57.9 cm³/mol. The summed E-state index contributed by atoms with van der Waals surface area (Å²) in [5, 5.41) is 22.4. The molecule has 0 amide bonds. The first-order valence-electron chi connectivity index (χ1n) is 5.05. The highest BCUT2D eigenvalue weighted by atomic mass is 32.1. The minimum absolute atomic E-state index is 0.409. The largest absolute Gasteiger partial charge is 0.481 e. The first kappa shape index (κ1) is 10.6. The van der Waals surface area contributed by atoms with Crippen LogP contribution in [0.5, 0.6) is 0 Å². The number of aryl methyl sites for hydroxylation is 1. The van der Waals surface area contributed by atoms with Crippen molar-refractivity contribution in [3.05, 3.63) is 22.4 Å². The summed E-state index contributed by atoms with van der Waals surface area (Å²) in [4.78, 5) is 11.1. The maximum absolute atomic E-state index is 11.1. The van der Waals surface area contributed by atoms with Crippen LogP contribution in [0.15, 0.2) is 16.8 Å². The third-order valence-electron chi connectivity index (χ3n) is 3.18. The van der Waals surface area contributed by atoms with E-state index in [2.05, 4.69) is 0 Å². The molecule has 0 spiro atoms. The number of rotatable bonds is 4. The van der Waals surface area contributed by atoms with Crippen LogP contribution in [-0.2, 0) is 11.2 Å². The van der Waals surface area contributed by atoms with E-state index in [1.165, 1.54) is 5.56 Å². The lowest BCUT2D eigenvalue weighted by Gasteiger charge is -2.41. The lowest BCUT2D eigenvalue weighted by molar-refractivity contribution is -0.163. The van der Waals surface area contributed by atoms with Gasteiger partial charge in [0, 0.05) is 0 Å². The number of hydrogen-bond acceptors (Lipinski definition) is 3. The number of aliphatic hydroxyl groups is 1. The van der Waals surface area contributed by atoms with Crippen LogP contribution in [0.3, 0.4) is 0 Å². The van der Waals surface area contributed by atoms with Gasteiger partial charge < -0.3 is 10.2 Å². The van der Waals surface area contributed by atoms with E-state index in [9.17, 15) is 9.90 Å². The molecule has 3 nitrogen and oxygen atoms in total. The van der Waals surface area contributed by atoms with Crippen LogP contribution in [-0.4, -0.2) is 22.3 Å². The van der Waals surface area contributed by atoms with Crippen LogP contribution in [0.1, 0.15) is 24.8 Å². The highest BCUT2D eigenvalue weighted by Gasteiger charge is 2.49. The molecular formula is C11H14O3S. The van der Waals surface area contributed by atoms with Gasteiger partial charge in [0.1, 0.15) is 0 Å². The number of carboxylic acids is 1. The van der Waals surface area contributed by atoms with Gasteiger partial charge in [0.2, 0.25) is 0 Å². The van der Waals surface area contributed by atoms with Crippen molar-refractivity contribution < 1.29 is 15.0 Å². The Morgan fingerprint density at radius 3 is 2.80 bits per heavy atom. The van der Waals surface area contributed by atoms with Crippen LogP contribution < -0.4 is 0 Å². The molecule has 2 rings (SSSR count). The minimum atomic E-state index is -0.761. The smallest absolute Gasteiger partial charge is 0.309 e. The molecule has 82 valence electrons. The van der Waals surface area contributed by atoms with Crippen LogP contribution in [0.25, 0.3) is 0 Å². The summed E-state index contributed by atoms with van der Waals surface area (Å²) in [6, 6.07) is 2.02. The summed E-state index contributed by atoms with van der Waals surface area (Å²) in [5.41, 5.74) is 0.531. The summed E-state index contributed by atoms with van der Waals surface area (Å²) in [5.74, 6) is -0.761. The number of carbonyl (C=O) groups is 1. The maximum atomic E-state index is 11.1. The van der Waals surface area contributed by atoms with Crippen LogP contribution in [0, 0.1) is 5.41 Å². The molecule has 1 aliphatic carbocycles. The first-order valence-corrected chi connectivity index (χ1v) is 5.99. The molecule has 15 heavy (non-hydrogen) atoms. The van der Waals surface area contributed by atoms with Gasteiger partial charge in [0.05, 0.1) is 11.5 Å². The number of aliphatic carboxylic acids is 1. The third-order valence-corrected chi connectivity index (χ3v) is 3.91. The normalized spacial score (nSPS) is 29.8. The summed E-state index contributed by atoms with van der Waals surface area (Å²) in [7, 11) is 0. The van der Waals surface area contributed by atoms with Gasteiger partial charge in [-0.2, -0.15) is 11.3 Å². The highest BCUT2D eigenvalue weighted by Crippen LogP contribution is 2.45. The Kier molecular flexibility index (Phi) is 2.80. The zero-order chi connectivity index (χ0) is 10.9. The molecule has 1 heterocycles. The van der Waals surface area contributed by atoms with E-state index in [0.29, 0.717) is 19.3 Å². The molecule has 0 radical (unpaired) electrons. The lowest BCUT2D eigenvalue weighted by atomic mass is 9.64. The molecule has 0 aromatic carbocycles. The molecular weight excluding hydrogens is 212 g/mol. The fourth-order valence-electron chi connectivity index (χ4n) is 2.15. The third kappa shape index (κ3) is 2.06. The van der Waals surface area contributed by atoms with E-state index in [-0.39, 0.29) is 0 Å². The van der Waals surface area contributed by atoms with Crippen molar-refractivity contribution in [1.82, 2.24) is 0 Å². The van der Waals surface area contributed by atoms with Crippen LogP contribution in [0.2, 0.25) is 0 Å².